The molecule has 0 radical (unpaired) electrons. The number of ether oxygens (including phenoxy) is 1. The molecule has 2 nitrogen and oxygen atoms in total. The van der Waals surface area contributed by atoms with E-state index in [2.05, 4.69) is 39.8 Å². The molecule has 0 fully saturated rings. The summed E-state index contributed by atoms with van der Waals surface area (Å²) in [5.74, 6) is 2.26. The molecule has 2 N–H and O–H groups in total. The minimum atomic E-state index is 0.103. The average Bonchev–Trinajstić information content (AvgIpc) is 2.47. The van der Waals surface area contributed by atoms with Gasteiger partial charge in [-0.25, -0.2) is 0 Å². The largest absolute Gasteiger partial charge is 0.457 e. The third kappa shape index (κ3) is 3.85. The van der Waals surface area contributed by atoms with E-state index in [1.54, 1.807) is 0 Å². The van der Waals surface area contributed by atoms with Crippen molar-refractivity contribution < 1.29 is 4.74 Å². The van der Waals surface area contributed by atoms with Gasteiger partial charge < -0.3 is 10.5 Å². The maximum Gasteiger partial charge on any atom is 0.127 e. The van der Waals surface area contributed by atoms with Crippen LogP contribution in [0.25, 0.3) is 0 Å². The Bertz CT molecular complexity index is 587. The summed E-state index contributed by atoms with van der Waals surface area (Å²) in [6, 6.07) is 14.4. The van der Waals surface area contributed by atoms with E-state index in [4.69, 9.17) is 10.5 Å². The fourth-order valence-corrected chi connectivity index (χ4v) is 2.51. The molecular weight excluding hydrogens is 258 g/mol. The first-order chi connectivity index (χ1) is 10.0. The molecule has 112 valence electrons. The highest BCUT2D eigenvalue weighted by Gasteiger charge is 2.06. The molecule has 0 heterocycles. The summed E-state index contributed by atoms with van der Waals surface area (Å²) in [7, 11) is 0. The molecule has 2 aromatic rings. The number of aryl methyl sites for hydroxylation is 1. The van der Waals surface area contributed by atoms with Crippen molar-refractivity contribution >= 4 is 0 Å². The van der Waals surface area contributed by atoms with Gasteiger partial charge in [-0.05, 0) is 60.2 Å². The molecule has 2 rings (SSSR count). The second-order valence-electron chi connectivity index (χ2n) is 5.86. The van der Waals surface area contributed by atoms with E-state index < -0.39 is 0 Å². The highest BCUT2D eigenvalue weighted by molar-refractivity contribution is 5.39. The van der Waals surface area contributed by atoms with Crippen LogP contribution in [0.1, 0.15) is 55.8 Å². The molecule has 2 aromatic carbocycles. The molecule has 0 saturated carbocycles. The van der Waals surface area contributed by atoms with Crippen LogP contribution in [0.3, 0.4) is 0 Å². The third-order valence-corrected chi connectivity index (χ3v) is 3.85. The van der Waals surface area contributed by atoms with Gasteiger partial charge in [0.25, 0.3) is 0 Å². The summed E-state index contributed by atoms with van der Waals surface area (Å²) in [4.78, 5) is 0. The Morgan fingerprint density at radius 1 is 1.00 bits per heavy atom. The predicted octanol–water partition coefficient (Wildman–Crippen LogP) is 5.32. The zero-order chi connectivity index (χ0) is 15.4. The van der Waals surface area contributed by atoms with E-state index in [0.717, 1.165) is 23.5 Å². The summed E-state index contributed by atoms with van der Waals surface area (Å²) in [5, 5.41) is 0. The Morgan fingerprint density at radius 3 is 2.14 bits per heavy atom. The van der Waals surface area contributed by atoms with E-state index in [0.29, 0.717) is 5.92 Å². The number of hydrogen-bond donors (Lipinski definition) is 1. The molecular formula is C19H25NO. The van der Waals surface area contributed by atoms with Crippen LogP contribution in [0.4, 0.5) is 0 Å². The molecule has 0 saturated heterocycles. The van der Waals surface area contributed by atoms with Crippen LogP contribution in [0.5, 0.6) is 11.5 Å². The molecule has 0 spiro atoms. The topological polar surface area (TPSA) is 35.2 Å². The summed E-state index contributed by atoms with van der Waals surface area (Å²) < 4.78 is 5.92. The SMILES string of the molecule is CC[C@H](N)c1ccc(Oc2ccc(C(C)C)c(C)c2)cc1. The van der Waals surface area contributed by atoms with Crippen molar-refractivity contribution in [2.45, 2.75) is 46.1 Å². The van der Waals surface area contributed by atoms with E-state index in [1.807, 2.05) is 30.3 Å². The minimum Gasteiger partial charge on any atom is -0.457 e. The van der Waals surface area contributed by atoms with Crippen molar-refractivity contribution in [1.29, 1.82) is 0 Å². The first kappa shape index (κ1) is 15.6. The van der Waals surface area contributed by atoms with Crippen LogP contribution in [0, 0.1) is 6.92 Å². The summed E-state index contributed by atoms with van der Waals surface area (Å²) in [6.07, 6.45) is 0.941. The molecule has 1 atom stereocenters. The highest BCUT2D eigenvalue weighted by atomic mass is 16.5. The Hall–Kier alpha value is -1.80. The van der Waals surface area contributed by atoms with Crippen molar-refractivity contribution in [3.63, 3.8) is 0 Å². The van der Waals surface area contributed by atoms with Gasteiger partial charge in [-0.3, -0.25) is 0 Å². The molecule has 0 aliphatic heterocycles. The molecule has 21 heavy (non-hydrogen) atoms. The van der Waals surface area contributed by atoms with Crippen LogP contribution >= 0.6 is 0 Å². The molecule has 0 aliphatic carbocycles. The lowest BCUT2D eigenvalue weighted by molar-refractivity contribution is 0.481. The monoisotopic (exact) mass is 283 g/mol. The van der Waals surface area contributed by atoms with Crippen LogP contribution in [0.2, 0.25) is 0 Å². The van der Waals surface area contributed by atoms with E-state index in [1.165, 1.54) is 11.1 Å². The lowest BCUT2D eigenvalue weighted by Crippen LogP contribution is -2.08. The second-order valence-corrected chi connectivity index (χ2v) is 5.86. The van der Waals surface area contributed by atoms with Crippen LogP contribution in [0.15, 0.2) is 42.5 Å². The summed E-state index contributed by atoms with van der Waals surface area (Å²) >= 11 is 0. The Balaban J connectivity index is 2.13. The lowest BCUT2D eigenvalue weighted by atomic mass is 9.98. The highest BCUT2D eigenvalue weighted by Crippen LogP contribution is 2.27. The van der Waals surface area contributed by atoms with Crippen molar-refractivity contribution in [2.24, 2.45) is 5.73 Å². The standard InChI is InChI=1S/C19H25NO/c1-5-19(20)15-6-8-16(9-7-15)21-17-10-11-18(13(2)3)14(4)12-17/h6-13,19H,5,20H2,1-4H3/t19-/m0/s1. The second kappa shape index (κ2) is 6.77. The van der Waals surface area contributed by atoms with Gasteiger partial charge in [0.05, 0.1) is 0 Å². The average molecular weight is 283 g/mol. The predicted molar refractivity (Wildman–Crippen MR) is 89.0 cm³/mol. The fraction of sp³-hybridized carbons (Fsp3) is 0.368. The molecule has 0 amide bonds. The normalized spacial score (nSPS) is 12.5. The lowest BCUT2D eigenvalue weighted by Gasteiger charge is -2.13. The van der Waals surface area contributed by atoms with E-state index >= 15 is 0 Å². The van der Waals surface area contributed by atoms with Crippen molar-refractivity contribution in [2.75, 3.05) is 0 Å². The summed E-state index contributed by atoms with van der Waals surface area (Å²) in [5.41, 5.74) is 9.81. The zero-order valence-electron chi connectivity index (χ0n) is 13.4. The number of benzene rings is 2. The van der Waals surface area contributed by atoms with Gasteiger partial charge in [0.15, 0.2) is 0 Å². The van der Waals surface area contributed by atoms with Crippen LogP contribution in [-0.2, 0) is 0 Å². The Morgan fingerprint density at radius 2 is 1.62 bits per heavy atom. The maximum atomic E-state index is 6.02. The van der Waals surface area contributed by atoms with Gasteiger partial charge in [0, 0.05) is 6.04 Å². The van der Waals surface area contributed by atoms with Crippen LogP contribution in [-0.4, -0.2) is 0 Å². The minimum absolute atomic E-state index is 0.103. The molecule has 0 aromatic heterocycles. The van der Waals surface area contributed by atoms with Gasteiger partial charge in [-0.15, -0.1) is 0 Å². The van der Waals surface area contributed by atoms with Gasteiger partial charge in [-0.1, -0.05) is 39.0 Å². The van der Waals surface area contributed by atoms with Crippen LogP contribution < -0.4 is 10.5 Å². The molecule has 0 aliphatic rings. The molecule has 0 bridgehead atoms. The smallest absolute Gasteiger partial charge is 0.127 e. The van der Waals surface area contributed by atoms with Gasteiger partial charge >= 0.3 is 0 Å². The Kier molecular flexibility index (Phi) is 5.03. The fourth-order valence-electron chi connectivity index (χ4n) is 2.51. The summed E-state index contributed by atoms with van der Waals surface area (Å²) in [6.45, 7) is 8.64. The molecule has 0 unspecified atom stereocenters. The number of nitrogens with two attached hydrogens (primary N) is 1. The number of hydrogen-bond acceptors (Lipinski definition) is 2. The number of rotatable bonds is 5. The molecule has 2 heteroatoms. The third-order valence-electron chi connectivity index (χ3n) is 3.85. The van der Waals surface area contributed by atoms with Crippen molar-refractivity contribution in [1.82, 2.24) is 0 Å². The first-order valence-corrected chi connectivity index (χ1v) is 7.65. The van der Waals surface area contributed by atoms with E-state index in [-0.39, 0.29) is 6.04 Å². The quantitative estimate of drug-likeness (QED) is 0.806. The van der Waals surface area contributed by atoms with Gasteiger partial charge in [-0.2, -0.15) is 0 Å². The van der Waals surface area contributed by atoms with Crippen molar-refractivity contribution in [3.05, 3.63) is 59.2 Å². The van der Waals surface area contributed by atoms with E-state index in [9.17, 15) is 0 Å². The van der Waals surface area contributed by atoms with Gasteiger partial charge in [0.1, 0.15) is 11.5 Å². The van der Waals surface area contributed by atoms with Crippen molar-refractivity contribution in [3.8, 4) is 11.5 Å². The maximum absolute atomic E-state index is 6.02. The van der Waals surface area contributed by atoms with Gasteiger partial charge in [0.2, 0.25) is 0 Å². The first-order valence-electron chi connectivity index (χ1n) is 7.65. The zero-order valence-corrected chi connectivity index (χ0v) is 13.4. The Labute approximate surface area is 127 Å².